The van der Waals surface area contributed by atoms with Crippen LogP contribution in [0.15, 0.2) is 36.4 Å². The van der Waals surface area contributed by atoms with Gasteiger partial charge < -0.3 is 14.7 Å². The number of carbonyl (C=O) groups excluding carboxylic acids is 1. The van der Waals surface area contributed by atoms with Crippen LogP contribution < -0.4 is 0 Å². The van der Waals surface area contributed by atoms with E-state index < -0.39 is 6.10 Å². The van der Waals surface area contributed by atoms with Crippen LogP contribution in [0.5, 0.6) is 0 Å². The molecule has 1 aliphatic rings. The molecule has 2 heterocycles. The van der Waals surface area contributed by atoms with Gasteiger partial charge in [-0.25, -0.2) is 0 Å². The van der Waals surface area contributed by atoms with Gasteiger partial charge in [0.05, 0.1) is 43.3 Å². The van der Waals surface area contributed by atoms with E-state index in [0.29, 0.717) is 13.2 Å². The molecular weight excluding hydrogens is 330 g/mol. The van der Waals surface area contributed by atoms with Gasteiger partial charge >= 0.3 is 0 Å². The Hall–Kier alpha value is -1.89. The minimum absolute atomic E-state index is 0.132. The predicted octanol–water partition coefficient (Wildman–Crippen LogP) is 1.41. The number of aliphatic hydroxyl groups is 1. The van der Waals surface area contributed by atoms with Gasteiger partial charge in [-0.2, -0.15) is 5.10 Å². The normalized spacial score (nSPS) is 20.3. The number of hydrogen-bond donors (Lipinski definition) is 1. The first-order valence-corrected chi connectivity index (χ1v) is 8.33. The van der Waals surface area contributed by atoms with Gasteiger partial charge in [0.1, 0.15) is 5.88 Å². The number of halogens is 1. The number of rotatable bonds is 5. The van der Waals surface area contributed by atoms with Crippen LogP contribution in [0.25, 0.3) is 11.3 Å². The minimum atomic E-state index is -0.695. The van der Waals surface area contributed by atoms with Crippen LogP contribution in [-0.4, -0.2) is 56.9 Å². The van der Waals surface area contributed by atoms with Crippen LogP contribution in [0.1, 0.15) is 5.69 Å². The summed E-state index contributed by atoms with van der Waals surface area (Å²) in [5.41, 5.74) is 2.72. The van der Waals surface area contributed by atoms with E-state index in [9.17, 15) is 9.90 Å². The highest BCUT2D eigenvalue weighted by Crippen LogP contribution is 2.22. The molecule has 2 aromatic rings. The number of hydrogen-bond acceptors (Lipinski definition) is 4. The third kappa shape index (κ3) is 3.45. The Labute approximate surface area is 145 Å². The molecule has 1 aliphatic heterocycles. The maximum absolute atomic E-state index is 12.2. The Morgan fingerprint density at radius 1 is 1.42 bits per heavy atom. The van der Waals surface area contributed by atoms with Crippen molar-refractivity contribution in [1.82, 2.24) is 14.7 Å². The zero-order chi connectivity index (χ0) is 17.1. The minimum Gasteiger partial charge on any atom is -0.388 e. The van der Waals surface area contributed by atoms with E-state index in [1.807, 2.05) is 43.4 Å². The van der Waals surface area contributed by atoms with E-state index in [2.05, 4.69) is 5.10 Å². The average molecular weight is 350 g/mol. The molecule has 0 spiro atoms. The molecule has 6 nitrogen and oxygen atoms in total. The Bertz CT molecular complexity index is 704. The standard InChI is InChI=1S/C17H20ClN3O3/c1-20-13(7-14(19-20)12-5-3-2-4-6-12)9-21(17(23)8-18)15-10-24-11-16(15)22/h2-7,15-16,22H,8-11H2,1H3/t15-,16-/m1/s1. The molecule has 128 valence electrons. The summed E-state index contributed by atoms with van der Waals surface area (Å²) in [6, 6.07) is 11.4. The van der Waals surface area contributed by atoms with Crippen LogP contribution in [0.2, 0.25) is 0 Å². The van der Waals surface area contributed by atoms with Crippen molar-refractivity contribution in [1.29, 1.82) is 0 Å². The Morgan fingerprint density at radius 2 is 2.17 bits per heavy atom. The lowest BCUT2D eigenvalue weighted by Gasteiger charge is -2.29. The van der Waals surface area contributed by atoms with Crippen molar-refractivity contribution in [3.8, 4) is 11.3 Å². The maximum Gasteiger partial charge on any atom is 0.238 e. The topological polar surface area (TPSA) is 67.6 Å². The zero-order valence-electron chi connectivity index (χ0n) is 13.4. The van der Waals surface area contributed by atoms with Crippen molar-refractivity contribution >= 4 is 17.5 Å². The molecule has 3 rings (SSSR count). The van der Waals surface area contributed by atoms with Gasteiger partial charge in [-0.15, -0.1) is 11.6 Å². The van der Waals surface area contributed by atoms with E-state index in [4.69, 9.17) is 16.3 Å². The molecule has 1 aromatic carbocycles. The van der Waals surface area contributed by atoms with Gasteiger partial charge in [0.25, 0.3) is 0 Å². The van der Waals surface area contributed by atoms with Gasteiger partial charge in [-0.3, -0.25) is 9.48 Å². The Morgan fingerprint density at radius 3 is 2.79 bits per heavy atom. The first-order chi connectivity index (χ1) is 11.6. The van der Waals surface area contributed by atoms with Crippen molar-refractivity contribution in [3.05, 3.63) is 42.1 Å². The summed E-state index contributed by atoms with van der Waals surface area (Å²) in [4.78, 5) is 13.8. The van der Waals surface area contributed by atoms with Crippen LogP contribution in [0.4, 0.5) is 0 Å². The maximum atomic E-state index is 12.2. The van der Waals surface area contributed by atoms with Crippen molar-refractivity contribution in [2.45, 2.75) is 18.7 Å². The van der Waals surface area contributed by atoms with E-state index in [0.717, 1.165) is 17.0 Å². The van der Waals surface area contributed by atoms with E-state index in [-0.39, 0.29) is 24.4 Å². The summed E-state index contributed by atoms with van der Waals surface area (Å²) in [6.07, 6.45) is -0.695. The highest BCUT2D eigenvalue weighted by Gasteiger charge is 2.34. The second-order valence-corrected chi connectivity index (χ2v) is 6.11. The second kappa shape index (κ2) is 7.34. The number of benzene rings is 1. The summed E-state index contributed by atoms with van der Waals surface area (Å²) < 4.78 is 7.03. The largest absolute Gasteiger partial charge is 0.388 e. The van der Waals surface area contributed by atoms with Gasteiger partial charge in [0.15, 0.2) is 0 Å². The first-order valence-electron chi connectivity index (χ1n) is 7.79. The third-order valence-electron chi connectivity index (χ3n) is 4.23. The SMILES string of the molecule is Cn1nc(-c2ccccc2)cc1CN(C(=O)CCl)[C@@H]1COC[C@H]1O. The highest BCUT2D eigenvalue weighted by molar-refractivity contribution is 6.27. The number of ether oxygens (including phenoxy) is 1. The smallest absolute Gasteiger partial charge is 0.238 e. The van der Waals surface area contributed by atoms with E-state index >= 15 is 0 Å². The molecule has 0 saturated carbocycles. The second-order valence-electron chi connectivity index (χ2n) is 5.84. The van der Waals surface area contributed by atoms with Gasteiger partial charge in [0, 0.05) is 12.6 Å². The number of aliphatic hydroxyl groups excluding tert-OH is 1. The summed E-state index contributed by atoms with van der Waals surface area (Å²) in [6.45, 7) is 0.873. The molecule has 1 amide bonds. The fraction of sp³-hybridized carbons (Fsp3) is 0.412. The Balaban J connectivity index is 1.85. The highest BCUT2D eigenvalue weighted by atomic mass is 35.5. The molecule has 0 radical (unpaired) electrons. The van der Waals surface area contributed by atoms with Crippen LogP contribution in [-0.2, 0) is 23.1 Å². The van der Waals surface area contributed by atoms with Gasteiger partial charge in [0.2, 0.25) is 5.91 Å². The summed E-state index contributed by atoms with van der Waals surface area (Å²) >= 11 is 5.74. The number of aryl methyl sites for hydroxylation is 1. The van der Waals surface area contributed by atoms with Crippen molar-refractivity contribution in [2.75, 3.05) is 19.1 Å². The molecule has 0 aliphatic carbocycles. The monoisotopic (exact) mass is 349 g/mol. The number of aromatic nitrogens is 2. The number of alkyl halides is 1. The molecule has 1 N–H and O–H groups in total. The van der Waals surface area contributed by atoms with Crippen molar-refractivity contribution in [3.63, 3.8) is 0 Å². The molecule has 0 unspecified atom stereocenters. The lowest BCUT2D eigenvalue weighted by molar-refractivity contribution is -0.133. The third-order valence-corrected chi connectivity index (χ3v) is 4.46. The fourth-order valence-electron chi connectivity index (χ4n) is 2.87. The zero-order valence-corrected chi connectivity index (χ0v) is 14.2. The van der Waals surface area contributed by atoms with E-state index in [1.54, 1.807) is 9.58 Å². The number of nitrogens with zero attached hydrogens (tertiary/aromatic N) is 3. The average Bonchev–Trinajstić information content (AvgIpc) is 3.18. The van der Waals surface area contributed by atoms with Gasteiger partial charge in [-0.05, 0) is 6.07 Å². The molecule has 1 fully saturated rings. The van der Waals surface area contributed by atoms with Crippen LogP contribution >= 0.6 is 11.6 Å². The fourth-order valence-corrected chi connectivity index (χ4v) is 3.03. The lowest BCUT2D eigenvalue weighted by atomic mass is 10.1. The summed E-state index contributed by atoms with van der Waals surface area (Å²) in [5, 5.41) is 14.6. The number of amides is 1. The lowest BCUT2D eigenvalue weighted by Crippen LogP contribution is -2.47. The Kier molecular flexibility index (Phi) is 5.18. The molecule has 1 saturated heterocycles. The summed E-state index contributed by atoms with van der Waals surface area (Å²) in [7, 11) is 1.84. The quantitative estimate of drug-likeness (QED) is 0.829. The van der Waals surface area contributed by atoms with Crippen molar-refractivity contribution < 1.29 is 14.6 Å². The number of carbonyl (C=O) groups is 1. The molecule has 0 bridgehead atoms. The molecule has 2 atom stereocenters. The molecule has 7 heteroatoms. The molecular formula is C17H20ClN3O3. The van der Waals surface area contributed by atoms with Crippen molar-refractivity contribution in [2.24, 2.45) is 7.05 Å². The van der Waals surface area contributed by atoms with Crippen LogP contribution in [0, 0.1) is 0 Å². The first kappa shape index (κ1) is 17.0. The van der Waals surface area contributed by atoms with E-state index in [1.165, 1.54) is 0 Å². The summed E-state index contributed by atoms with van der Waals surface area (Å²) in [5.74, 6) is -0.360. The molecule has 24 heavy (non-hydrogen) atoms. The molecule has 1 aromatic heterocycles. The van der Waals surface area contributed by atoms with Gasteiger partial charge in [-0.1, -0.05) is 30.3 Å². The predicted molar refractivity (Wildman–Crippen MR) is 90.5 cm³/mol. The van der Waals surface area contributed by atoms with Crippen LogP contribution in [0.3, 0.4) is 0 Å².